The minimum Gasteiger partial charge on any atom is -0.350 e. The average molecular weight is 459 g/mol. The zero-order valence-electron chi connectivity index (χ0n) is 19.2. The summed E-state index contributed by atoms with van der Waals surface area (Å²) in [5, 5.41) is 3.70. The van der Waals surface area contributed by atoms with Gasteiger partial charge in [-0.2, -0.15) is 0 Å². The molecular formula is C26H26N4O2S. The number of nitrogens with one attached hydrogen (secondary N) is 1. The van der Waals surface area contributed by atoms with Crippen molar-refractivity contribution in [3.05, 3.63) is 93.3 Å². The molecule has 1 aliphatic heterocycles. The van der Waals surface area contributed by atoms with Gasteiger partial charge < -0.3 is 5.32 Å². The lowest BCUT2D eigenvalue weighted by Crippen LogP contribution is -2.34. The van der Waals surface area contributed by atoms with Crippen molar-refractivity contribution in [1.29, 1.82) is 0 Å². The summed E-state index contributed by atoms with van der Waals surface area (Å²) >= 11 is 1.14. The first kappa shape index (κ1) is 22.7. The predicted octanol–water partition coefficient (Wildman–Crippen LogP) is 4.74. The first-order chi connectivity index (χ1) is 15.8. The Morgan fingerprint density at radius 2 is 1.58 bits per heavy atom. The van der Waals surface area contributed by atoms with E-state index in [2.05, 4.69) is 15.3 Å². The summed E-state index contributed by atoms with van der Waals surface area (Å²) in [7, 11) is 0. The van der Waals surface area contributed by atoms with E-state index in [9.17, 15) is 9.59 Å². The Labute approximate surface area is 198 Å². The van der Waals surface area contributed by atoms with Crippen LogP contribution in [0.25, 0.3) is 0 Å². The molecule has 168 valence electrons. The van der Waals surface area contributed by atoms with Crippen LogP contribution in [0.3, 0.4) is 0 Å². The van der Waals surface area contributed by atoms with Gasteiger partial charge in [-0.1, -0.05) is 42.5 Å². The summed E-state index contributed by atoms with van der Waals surface area (Å²) in [4.78, 5) is 37.3. The first-order valence-corrected chi connectivity index (χ1v) is 11.6. The van der Waals surface area contributed by atoms with Crippen LogP contribution in [-0.2, 0) is 16.0 Å². The molecule has 33 heavy (non-hydrogen) atoms. The van der Waals surface area contributed by atoms with E-state index in [1.807, 2.05) is 82.3 Å². The van der Waals surface area contributed by atoms with Crippen LogP contribution >= 0.6 is 11.8 Å². The van der Waals surface area contributed by atoms with Crippen LogP contribution in [0.1, 0.15) is 28.1 Å². The van der Waals surface area contributed by atoms with Crippen LogP contribution in [0.5, 0.6) is 0 Å². The third kappa shape index (κ3) is 4.98. The van der Waals surface area contributed by atoms with E-state index in [0.29, 0.717) is 23.0 Å². The fourth-order valence-corrected chi connectivity index (χ4v) is 4.70. The highest BCUT2D eigenvalue weighted by atomic mass is 32.2. The molecule has 1 aromatic heterocycles. The molecule has 0 saturated carbocycles. The molecule has 0 aliphatic carbocycles. The number of thioether (sulfide) groups is 1. The number of nitrogens with zero attached hydrogens (tertiary/aromatic N) is 3. The zero-order chi connectivity index (χ0) is 23.5. The lowest BCUT2D eigenvalue weighted by atomic mass is 10.1. The van der Waals surface area contributed by atoms with Gasteiger partial charge in [0.15, 0.2) is 5.16 Å². The minimum absolute atomic E-state index is 0.273. The number of rotatable bonds is 7. The molecule has 0 bridgehead atoms. The fraction of sp³-hybridized carbons (Fsp3) is 0.231. The summed E-state index contributed by atoms with van der Waals surface area (Å²) in [6.07, 6.45) is 0.590. The Balaban J connectivity index is 1.67. The molecule has 0 unspecified atom stereocenters. The Morgan fingerprint density at radius 1 is 0.879 bits per heavy atom. The topological polar surface area (TPSA) is 75.2 Å². The van der Waals surface area contributed by atoms with E-state index < -0.39 is 0 Å². The van der Waals surface area contributed by atoms with Gasteiger partial charge >= 0.3 is 0 Å². The van der Waals surface area contributed by atoms with Crippen LogP contribution in [0.4, 0.5) is 5.69 Å². The SMILES string of the molecule is Cc1cc(C)nc(SC2=C(Nc3cccc(C)c3C)C(=O)N(CCc3ccccc3)C2=O)n1. The predicted molar refractivity (Wildman–Crippen MR) is 131 cm³/mol. The molecule has 7 heteroatoms. The maximum Gasteiger partial charge on any atom is 0.278 e. The van der Waals surface area contributed by atoms with Crippen LogP contribution in [-0.4, -0.2) is 33.2 Å². The largest absolute Gasteiger partial charge is 0.350 e. The normalized spacial score (nSPS) is 13.8. The number of aromatic nitrogens is 2. The fourth-order valence-electron chi connectivity index (χ4n) is 3.70. The summed E-state index contributed by atoms with van der Waals surface area (Å²) in [5.74, 6) is -0.653. The van der Waals surface area contributed by atoms with Crippen molar-refractivity contribution in [3.63, 3.8) is 0 Å². The highest BCUT2D eigenvalue weighted by Gasteiger charge is 2.39. The highest BCUT2D eigenvalue weighted by molar-refractivity contribution is 8.04. The number of carbonyl (C=O) groups is 2. The molecule has 1 N–H and O–H groups in total. The molecule has 0 saturated heterocycles. The summed E-state index contributed by atoms with van der Waals surface area (Å²) in [6.45, 7) is 8.08. The first-order valence-electron chi connectivity index (χ1n) is 10.8. The highest BCUT2D eigenvalue weighted by Crippen LogP contribution is 2.35. The van der Waals surface area contributed by atoms with Crippen molar-refractivity contribution < 1.29 is 9.59 Å². The van der Waals surface area contributed by atoms with Crippen LogP contribution in [0, 0.1) is 27.7 Å². The van der Waals surface area contributed by atoms with Crippen molar-refractivity contribution in [2.45, 2.75) is 39.3 Å². The minimum atomic E-state index is -0.330. The van der Waals surface area contributed by atoms with Gasteiger partial charge in [-0.25, -0.2) is 9.97 Å². The van der Waals surface area contributed by atoms with Gasteiger partial charge in [0.1, 0.15) is 10.6 Å². The Kier molecular flexibility index (Phi) is 6.60. The summed E-state index contributed by atoms with van der Waals surface area (Å²) < 4.78 is 0. The molecule has 0 spiro atoms. The standard InChI is InChI=1S/C26H26N4O2S/c1-16-9-8-12-21(19(16)4)29-22-23(33-26-27-17(2)15-18(3)28-26)25(32)30(24(22)31)14-13-20-10-6-5-7-11-20/h5-12,15,29H,13-14H2,1-4H3. The molecule has 0 atom stereocenters. The van der Waals surface area contributed by atoms with Gasteiger partial charge in [0.25, 0.3) is 11.8 Å². The number of carbonyl (C=O) groups excluding carboxylic acids is 2. The van der Waals surface area contributed by atoms with E-state index >= 15 is 0 Å². The monoisotopic (exact) mass is 458 g/mol. The number of amides is 2. The van der Waals surface area contributed by atoms with Gasteiger partial charge in [0.2, 0.25) is 0 Å². The van der Waals surface area contributed by atoms with Gasteiger partial charge in [-0.15, -0.1) is 0 Å². The van der Waals surface area contributed by atoms with Gasteiger partial charge in [-0.3, -0.25) is 14.5 Å². The maximum atomic E-state index is 13.4. The molecule has 4 rings (SSSR count). The molecule has 2 heterocycles. The average Bonchev–Trinajstić information content (AvgIpc) is 2.99. The van der Waals surface area contributed by atoms with E-state index in [1.54, 1.807) is 0 Å². The Hall–Kier alpha value is -3.45. The second-order valence-corrected chi connectivity index (χ2v) is 9.09. The number of hydrogen-bond donors (Lipinski definition) is 1. The van der Waals surface area contributed by atoms with Crippen LogP contribution in [0.2, 0.25) is 0 Å². The smallest absolute Gasteiger partial charge is 0.278 e. The second kappa shape index (κ2) is 9.58. The molecule has 0 radical (unpaired) electrons. The summed E-state index contributed by atoms with van der Waals surface area (Å²) in [6, 6.07) is 17.6. The third-order valence-electron chi connectivity index (χ3n) is 5.61. The van der Waals surface area contributed by atoms with Gasteiger partial charge in [-0.05, 0) is 74.7 Å². The van der Waals surface area contributed by atoms with E-state index in [-0.39, 0.29) is 17.5 Å². The van der Waals surface area contributed by atoms with Crippen LogP contribution in [0.15, 0.2) is 70.4 Å². The number of aryl methyl sites for hydroxylation is 3. The number of hydrogen-bond acceptors (Lipinski definition) is 6. The van der Waals surface area contributed by atoms with Crippen molar-refractivity contribution >= 4 is 29.3 Å². The molecule has 1 aliphatic rings. The Morgan fingerprint density at radius 3 is 2.27 bits per heavy atom. The van der Waals surface area contributed by atoms with Crippen molar-refractivity contribution in [2.75, 3.05) is 11.9 Å². The van der Waals surface area contributed by atoms with Gasteiger partial charge in [0.05, 0.1) is 0 Å². The molecule has 3 aromatic rings. The van der Waals surface area contributed by atoms with E-state index in [1.165, 1.54) is 4.90 Å². The molecule has 6 nitrogen and oxygen atoms in total. The van der Waals surface area contributed by atoms with Crippen LogP contribution < -0.4 is 5.32 Å². The van der Waals surface area contributed by atoms with E-state index in [0.717, 1.165) is 45.5 Å². The number of imide groups is 1. The molecule has 2 aromatic carbocycles. The van der Waals surface area contributed by atoms with Crippen molar-refractivity contribution in [1.82, 2.24) is 14.9 Å². The lowest BCUT2D eigenvalue weighted by Gasteiger charge is -2.16. The third-order valence-corrected chi connectivity index (χ3v) is 6.56. The second-order valence-electron chi connectivity index (χ2n) is 8.11. The number of anilines is 1. The molecule has 0 fully saturated rings. The molecular weight excluding hydrogens is 432 g/mol. The zero-order valence-corrected chi connectivity index (χ0v) is 20.0. The Bertz CT molecular complexity index is 1230. The lowest BCUT2D eigenvalue weighted by molar-refractivity contribution is -0.137. The molecule has 2 amide bonds. The number of benzene rings is 2. The van der Waals surface area contributed by atoms with Crippen molar-refractivity contribution in [2.24, 2.45) is 0 Å². The quantitative estimate of drug-likeness (QED) is 0.407. The summed E-state index contributed by atoms with van der Waals surface area (Å²) in [5.41, 5.74) is 5.90. The maximum absolute atomic E-state index is 13.4. The van der Waals surface area contributed by atoms with Gasteiger partial charge in [0, 0.05) is 23.6 Å². The van der Waals surface area contributed by atoms with E-state index in [4.69, 9.17) is 0 Å². The van der Waals surface area contributed by atoms with Crippen molar-refractivity contribution in [3.8, 4) is 0 Å².